The zero-order valence-electron chi connectivity index (χ0n) is 19.3. The summed E-state index contributed by atoms with van der Waals surface area (Å²) in [6.45, 7) is 2.70. The van der Waals surface area contributed by atoms with E-state index in [4.69, 9.17) is 9.72 Å². The average molecular weight is 434 g/mol. The molecule has 3 heterocycles. The first-order valence-electron chi connectivity index (χ1n) is 12.4. The van der Waals surface area contributed by atoms with Gasteiger partial charge in [-0.1, -0.05) is 31.4 Å². The van der Waals surface area contributed by atoms with E-state index in [9.17, 15) is 4.79 Å². The lowest BCUT2D eigenvalue weighted by Gasteiger charge is -2.36. The van der Waals surface area contributed by atoms with Gasteiger partial charge in [0.25, 0.3) is 5.91 Å². The Labute approximate surface area is 191 Å². The summed E-state index contributed by atoms with van der Waals surface area (Å²) in [5, 5.41) is 0. The van der Waals surface area contributed by atoms with E-state index in [1.807, 2.05) is 17.0 Å². The van der Waals surface area contributed by atoms with Gasteiger partial charge in [0.15, 0.2) is 0 Å². The van der Waals surface area contributed by atoms with Gasteiger partial charge in [-0.3, -0.25) is 14.7 Å². The van der Waals surface area contributed by atoms with Crippen molar-refractivity contribution in [3.63, 3.8) is 0 Å². The molecule has 2 aromatic rings. The molecule has 0 bridgehead atoms. The maximum absolute atomic E-state index is 13.1. The molecule has 0 spiro atoms. The van der Waals surface area contributed by atoms with E-state index in [1.54, 1.807) is 7.11 Å². The van der Waals surface area contributed by atoms with E-state index in [0.717, 1.165) is 49.0 Å². The van der Waals surface area contributed by atoms with E-state index in [-0.39, 0.29) is 5.91 Å². The smallest absolute Gasteiger partial charge is 0.255 e. The first kappa shape index (κ1) is 21.4. The first-order valence-corrected chi connectivity index (χ1v) is 12.4. The van der Waals surface area contributed by atoms with Crippen molar-refractivity contribution in [2.75, 3.05) is 26.7 Å². The summed E-state index contributed by atoms with van der Waals surface area (Å²) in [6, 6.07) is 13.5. The summed E-state index contributed by atoms with van der Waals surface area (Å²) in [5.41, 5.74) is 4.22. The van der Waals surface area contributed by atoms with Crippen LogP contribution in [0.1, 0.15) is 78.3 Å². The van der Waals surface area contributed by atoms with Gasteiger partial charge in [-0.05, 0) is 68.5 Å². The van der Waals surface area contributed by atoms with Crippen LogP contribution in [0.2, 0.25) is 0 Å². The number of carbonyl (C=O) groups is 1. The molecule has 5 rings (SSSR count). The van der Waals surface area contributed by atoms with Crippen LogP contribution in [0.5, 0.6) is 5.75 Å². The van der Waals surface area contributed by atoms with Gasteiger partial charge < -0.3 is 9.64 Å². The summed E-state index contributed by atoms with van der Waals surface area (Å²) < 4.78 is 5.23. The number of hydrogen-bond donors (Lipinski definition) is 0. The second-order valence-electron chi connectivity index (χ2n) is 9.56. The molecule has 1 saturated heterocycles. The lowest BCUT2D eigenvalue weighted by atomic mass is 9.93. The van der Waals surface area contributed by atoms with Gasteiger partial charge in [0.2, 0.25) is 0 Å². The summed E-state index contributed by atoms with van der Waals surface area (Å²) in [5.74, 6) is 0.997. The monoisotopic (exact) mass is 433 g/mol. The lowest BCUT2D eigenvalue weighted by molar-refractivity contribution is 0.0739. The normalized spacial score (nSPS) is 22.2. The van der Waals surface area contributed by atoms with Crippen LogP contribution in [-0.4, -0.2) is 53.5 Å². The fourth-order valence-electron chi connectivity index (χ4n) is 5.83. The highest BCUT2D eigenvalue weighted by Crippen LogP contribution is 2.37. The van der Waals surface area contributed by atoms with Crippen molar-refractivity contribution in [2.24, 2.45) is 0 Å². The minimum atomic E-state index is 0.134. The molecule has 2 aliphatic heterocycles. The molecule has 1 aliphatic carbocycles. The molecule has 32 heavy (non-hydrogen) atoms. The molecule has 1 atom stereocenters. The summed E-state index contributed by atoms with van der Waals surface area (Å²) in [6.07, 6.45) is 11.0. The summed E-state index contributed by atoms with van der Waals surface area (Å²) in [7, 11) is 1.68. The number of fused-ring (bicyclic) bond motifs is 1. The van der Waals surface area contributed by atoms with E-state index in [1.165, 1.54) is 62.7 Å². The van der Waals surface area contributed by atoms with Crippen LogP contribution >= 0.6 is 0 Å². The minimum absolute atomic E-state index is 0.134. The fourth-order valence-corrected chi connectivity index (χ4v) is 5.83. The first-order chi connectivity index (χ1) is 15.7. The van der Waals surface area contributed by atoms with Gasteiger partial charge in [0, 0.05) is 25.6 Å². The highest BCUT2D eigenvalue weighted by atomic mass is 16.5. The number of nitrogens with zero attached hydrogens (tertiary/aromatic N) is 3. The topological polar surface area (TPSA) is 45.7 Å². The molecule has 0 unspecified atom stereocenters. The number of methoxy groups -OCH3 is 1. The van der Waals surface area contributed by atoms with Crippen LogP contribution in [0, 0.1) is 0 Å². The molecule has 0 N–H and O–H groups in total. The third-order valence-electron chi connectivity index (χ3n) is 7.64. The highest BCUT2D eigenvalue weighted by Gasteiger charge is 2.34. The molecule has 1 aromatic carbocycles. The Morgan fingerprint density at radius 1 is 0.969 bits per heavy atom. The Balaban J connectivity index is 1.25. The number of carbonyl (C=O) groups excluding carboxylic acids is 1. The molecule has 2 fully saturated rings. The molecule has 5 nitrogen and oxygen atoms in total. The lowest BCUT2D eigenvalue weighted by Crippen LogP contribution is -2.40. The number of amides is 1. The van der Waals surface area contributed by atoms with Crippen LogP contribution in [-0.2, 0) is 12.8 Å². The predicted molar refractivity (Wildman–Crippen MR) is 126 cm³/mol. The van der Waals surface area contributed by atoms with E-state index in [0.29, 0.717) is 6.04 Å². The van der Waals surface area contributed by atoms with E-state index < -0.39 is 0 Å². The van der Waals surface area contributed by atoms with Crippen LogP contribution in [0.15, 0.2) is 36.4 Å². The second-order valence-corrected chi connectivity index (χ2v) is 9.56. The van der Waals surface area contributed by atoms with Crippen LogP contribution < -0.4 is 4.74 Å². The standard InChI is InChI=1S/C27H35N3O2/c1-32-22-11-9-20(10-12-22)15-18-29-19-16-24-23(27(29)31)13-14-25(28-24)26-8-5-17-30(26)21-6-3-2-4-7-21/h9-14,21,26H,2-8,15-19H2,1H3/t26-/m1/s1. The van der Waals surface area contributed by atoms with Crippen molar-refractivity contribution in [3.8, 4) is 5.75 Å². The van der Waals surface area contributed by atoms with Gasteiger partial charge in [-0.25, -0.2) is 0 Å². The molecule has 1 amide bonds. The second kappa shape index (κ2) is 9.62. The SMILES string of the molecule is COc1ccc(CCN2CCc3nc([C@H]4CCCN4C4CCCCC4)ccc3C2=O)cc1. The van der Waals surface area contributed by atoms with Crippen molar-refractivity contribution in [1.29, 1.82) is 0 Å². The fraction of sp³-hybridized carbons (Fsp3) is 0.556. The number of benzene rings is 1. The zero-order chi connectivity index (χ0) is 21.9. The Bertz CT molecular complexity index is 936. The average Bonchev–Trinajstić information content (AvgIpc) is 3.34. The van der Waals surface area contributed by atoms with Crippen molar-refractivity contribution in [3.05, 3.63) is 58.9 Å². The quantitative estimate of drug-likeness (QED) is 0.656. The molecule has 3 aliphatic rings. The number of rotatable bonds is 6. The largest absolute Gasteiger partial charge is 0.497 e. The van der Waals surface area contributed by atoms with Gasteiger partial charge in [-0.2, -0.15) is 0 Å². The van der Waals surface area contributed by atoms with E-state index in [2.05, 4.69) is 29.2 Å². The Morgan fingerprint density at radius 2 is 1.78 bits per heavy atom. The third-order valence-corrected chi connectivity index (χ3v) is 7.64. The number of hydrogen-bond acceptors (Lipinski definition) is 4. The Morgan fingerprint density at radius 3 is 2.56 bits per heavy atom. The van der Waals surface area contributed by atoms with Crippen LogP contribution in [0.25, 0.3) is 0 Å². The van der Waals surface area contributed by atoms with Gasteiger partial charge in [-0.15, -0.1) is 0 Å². The molecular weight excluding hydrogens is 398 g/mol. The van der Waals surface area contributed by atoms with Gasteiger partial charge in [0.1, 0.15) is 5.75 Å². The molecule has 170 valence electrons. The Hall–Kier alpha value is -2.40. The maximum Gasteiger partial charge on any atom is 0.255 e. The van der Waals surface area contributed by atoms with Crippen LogP contribution in [0.4, 0.5) is 0 Å². The predicted octanol–water partition coefficient (Wildman–Crippen LogP) is 4.80. The highest BCUT2D eigenvalue weighted by molar-refractivity contribution is 5.96. The molecule has 1 saturated carbocycles. The summed E-state index contributed by atoms with van der Waals surface area (Å²) >= 11 is 0. The van der Waals surface area contributed by atoms with Crippen molar-refractivity contribution in [1.82, 2.24) is 14.8 Å². The number of likely N-dealkylation sites (tertiary alicyclic amines) is 1. The van der Waals surface area contributed by atoms with Gasteiger partial charge in [0.05, 0.1) is 30.1 Å². The van der Waals surface area contributed by atoms with Crippen molar-refractivity contribution in [2.45, 2.75) is 69.9 Å². The van der Waals surface area contributed by atoms with Crippen molar-refractivity contribution >= 4 is 5.91 Å². The molecule has 1 aromatic heterocycles. The van der Waals surface area contributed by atoms with Gasteiger partial charge >= 0.3 is 0 Å². The molecule has 0 radical (unpaired) electrons. The maximum atomic E-state index is 13.1. The number of ether oxygens (including phenoxy) is 1. The molecule has 5 heteroatoms. The van der Waals surface area contributed by atoms with E-state index >= 15 is 0 Å². The Kier molecular flexibility index (Phi) is 6.44. The van der Waals surface area contributed by atoms with Crippen LogP contribution in [0.3, 0.4) is 0 Å². The van der Waals surface area contributed by atoms with Crippen molar-refractivity contribution < 1.29 is 9.53 Å². The summed E-state index contributed by atoms with van der Waals surface area (Å²) in [4.78, 5) is 22.9. The number of aromatic nitrogens is 1. The number of pyridine rings is 1. The zero-order valence-corrected chi connectivity index (χ0v) is 19.3. The molecular formula is C27H35N3O2. The third kappa shape index (κ3) is 4.40. The minimum Gasteiger partial charge on any atom is -0.497 e.